The molecule has 25 heavy (non-hydrogen) atoms. The number of fused-ring (bicyclic) bond motifs is 1. The van der Waals surface area contributed by atoms with Gasteiger partial charge in [-0.25, -0.2) is 0 Å². The Morgan fingerprint density at radius 3 is 2.24 bits per heavy atom. The van der Waals surface area contributed by atoms with E-state index < -0.39 is 0 Å². The van der Waals surface area contributed by atoms with Gasteiger partial charge in [0.25, 0.3) is 0 Å². The molecule has 0 radical (unpaired) electrons. The van der Waals surface area contributed by atoms with E-state index in [-0.39, 0.29) is 20.6 Å². The summed E-state index contributed by atoms with van der Waals surface area (Å²) < 4.78 is 8.51. The molecule has 4 rings (SSSR count). The van der Waals surface area contributed by atoms with E-state index in [0.29, 0.717) is 5.58 Å². The molecule has 3 aromatic carbocycles. The first kappa shape index (κ1) is 16.3. The summed E-state index contributed by atoms with van der Waals surface area (Å²) in [5.74, 6) is 0. The molecule has 4 heteroatoms. The fourth-order valence-electron chi connectivity index (χ4n) is 2.74. The Morgan fingerprint density at radius 2 is 1.48 bits per heavy atom. The molecule has 0 saturated heterocycles. The van der Waals surface area contributed by atoms with Crippen molar-refractivity contribution in [3.05, 3.63) is 93.8 Å². The first-order valence-corrected chi connectivity index (χ1v) is 10.3. The molecule has 2 nitrogen and oxygen atoms in total. The Hall–Kier alpha value is -2.13. The van der Waals surface area contributed by atoms with E-state index in [9.17, 15) is 4.79 Å². The summed E-state index contributed by atoms with van der Waals surface area (Å²) in [5.41, 5.74) is 2.40. The molecule has 0 N–H and O–H groups in total. The van der Waals surface area contributed by atoms with E-state index in [1.165, 1.54) is 0 Å². The van der Waals surface area contributed by atoms with Crippen LogP contribution in [0.2, 0.25) is 0 Å². The molecule has 0 bridgehead atoms. The number of para-hydroxylation sites is 1. The third kappa shape index (κ3) is 3.34. The summed E-state index contributed by atoms with van der Waals surface area (Å²) in [4.78, 5) is 12.7. The Labute approximate surface area is 159 Å². The van der Waals surface area contributed by atoms with Crippen LogP contribution >= 0.6 is 15.9 Å². The zero-order valence-electron chi connectivity index (χ0n) is 13.1. The van der Waals surface area contributed by atoms with Crippen molar-refractivity contribution in [2.24, 2.45) is 0 Å². The molecule has 4 aromatic rings. The normalized spacial score (nSPS) is 10.9. The van der Waals surface area contributed by atoms with Crippen molar-refractivity contribution >= 4 is 50.8 Å². The molecular weight excluding hydrogens is 443 g/mol. The first-order valence-electron chi connectivity index (χ1n) is 7.77. The second-order valence-electron chi connectivity index (χ2n) is 5.51. The van der Waals surface area contributed by atoms with Gasteiger partial charge < -0.3 is 0 Å². The second-order valence-corrected chi connectivity index (χ2v) is 8.70. The van der Waals surface area contributed by atoms with Gasteiger partial charge in [-0.1, -0.05) is 0 Å². The van der Waals surface area contributed by atoms with Crippen molar-refractivity contribution in [3.8, 4) is 11.1 Å². The molecule has 0 aliphatic heterocycles. The van der Waals surface area contributed by atoms with Crippen molar-refractivity contribution < 1.29 is 4.42 Å². The van der Waals surface area contributed by atoms with Crippen LogP contribution in [0.3, 0.4) is 0 Å². The fraction of sp³-hybridized carbons (Fsp3) is 0. The third-order valence-corrected chi connectivity index (χ3v) is 6.67. The molecule has 0 unspecified atom stereocenters. The van der Waals surface area contributed by atoms with Crippen LogP contribution in [0.4, 0.5) is 0 Å². The van der Waals surface area contributed by atoms with Crippen molar-refractivity contribution in [3.63, 3.8) is 0 Å². The zero-order valence-corrected chi connectivity index (χ0v) is 16.4. The summed E-state index contributed by atoms with van der Waals surface area (Å²) in [5, 5.41) is 0.974. The maximum atomic E-state index is 12.7. The molecule has 1 heterocycles. The van der Waals surface area contributed by atoms with Crippen molar-refractivity contribution in [1.82, 2.24) is 0 Å². The second kappa shape index (κ2) is 7.01. The van der Waals surface area contributed by atoms with E-state index in [2.05, 4.69) is 15.9 Å². The fourth-order valence-corrected chi connectivity index (χ4v) is 5.02. The van der Waals surface area contributed by atoms with Crippen molar-refractivity contribution in [1.29, 1.82) is 0 Å². The molecule has 0 aliphatic rings. The Morgan fingerprint density at radius 1 is 0.800 bits per heavy atom. The minimum absolute atomic E-state index is 0.142. The minimum atomic E-state index is -0.250. The van der Waals surface area contributed by atoms with Gasteiger partial charge in [-0.15, -0.1) is 0 Å². The molecule has 0 amide bonds. The van der Waals surface area contributed by atoms with Crippen LogP contribution in [0.15, 0.2) is 92.5 Å². The van der Waals surface area contributed by atoms with E-state index in [4.69, 9.17) is 4.42 Å². The number of rotatable bonds is 3. The predicted molar refractivity (Wildman–Crippen MR) is 107 cm³/mol. The zero-order chi connectivity index (χ0) is 17.2. The van der Waals surface area contributed by atoms with E-state index in [0.717, 1.165) is 29.9 Å². The van der Waals surface area contributed by atoms with Gasteiger partial charge in [0.2, 0.25) is 0 Å². The summed E-state index contributed by atoms with van der Waals surface area (Å²) >= 11 is 3.31. The molecule has 0 aliphatic carbocycles. The van der Waals surface area contributed by atoms with Crippen molar-refractivity contribution in [2.45, 2.75) is 0 Å². The van der Waals surface area contributed by atoms with E-state index in [1.807, 2.05) is 78.9 Å². The molecule has 1 aromatic heterocycles. The Kier molecular flexibility index (Phi) is 4.58. The van der Waals surface area contributed by atoms with Gasteiger partial charge in [0.15, 0.2) is 0 Å². The van der Waals surface area contributed by atoms with Gasteiger partial charge in [-0.05, 0) is 0 Å². The Balaban J connectivity index is 1.98. The van der Waals surface area contributed by atoms with Crippen LogP contribution in [0.25, 0.3) is 22.1 Å². The standard InChI is InChI=1S/C21H13BrO2Se/c22-15-10-12-16(13-11-15)25-20-19(14-6-2-1-3-7-14)17-8-4-5-9-18(17)24-21(20)23/h1-13H. The van der Waals surface area contributed by atoms with Crippen LogP contribution in [-0.4, -0.2) is 15.0 Å². The van der Waals surface area contributed by atoms with Crippen LogP contribution in [0, 0.1) is 0 Å². The summed E-state index contributed by atoms with van der Waals surface area (Å²) in [6.07, 6.45) is 0. The molecule has 0 atom stereocenters. The quantitative estimate of drug-likeness (QED) is 0.346. The average Bonchev–Trinajstić information content (AvgIpc) is 2.65. The Bertz CT molecular complexity index is 1090. The van der Waals surface area contributed by atoms with Gasteiger partial charge in [-0.3, -0.25) is 0 Å². The van der Waals surface area contributed by atoms with Crippen molar-refractivity contribution in [2.75, 3.05) is 0 Å². The molecule has 0 spiro atoms. The average molecular weight is 456 g/mol. The number of hydrogen-bond donors (Lipinski definition) is 0. The molecule has 0 fully saturated rings. The van der Waals surface area contributed by atoms with Gasteiger partial charge in [0, 0.05) is 0 Å². The van der Waals surface area contributed by atoms with Gasteiger partial charge in [-0.2, -0.15) is 0 Å². The van der Waals surface area contributed by atoms with Gasteiger partial charge in [0.1, 0.15) is 0 Å². The van der Waals surface area contributed by atoms with Crippen LogP contribution in [0.5, 0.6) is 0 Å². The summed E-state index contributed by atoms with van der Waals surface area (Å²) in [6, 6.07) is 25.9. The summed E-state index contributed by atoms with van der Waals surface area (Å²) in [7, 11) is 0. The van der Waals surface area contributed by atoms with Gasteiger partial charge >= 0.3 is 160 Å². The van der Waals surface area contributed by atoms with E-state index >= 15 is 0 Å². The van der Waals surface area contributed by atoms with E-state index in [1.54, 1.807) is 0 Å². The topological polar surface area (TPSA) is 30.2 Å². The number of benzene rings is 3. The van der Waals surface area contributed by atoms with Crippen LogP contribution < -0.4 is 14.5 Å². The predicted octanol–water partition coefficient (Wildman–Crippen LogP) is 3.88. The maximum absolute atomic E-state index is 12.7. The first-order chi connectivity index (χ1) is 12.2. The third-order valence-electron chi connectivity index (χ3n) is 3.87. The van der Waals surface area contributed by atoms with Crippen LogP contribution in [0.1, 0.15) is 0 Å². The molecule has 122 valence electrons. The number of halogens is 1. The SMILES string of the molecule is O=c1oc2ccccc2c(-c2ccccc2)c1[Se]c1ccc(Br)cc1. The molecular formula is C21H13BrO2Se. The van der Waals surface area contributed by atoms with Crippen LogP contribution in [-0.2, 0) is 0 Å². The van der Waals surface area contributed by atoms with Gasteiger partial charge in [0.05, 0.1) is 0 Å². The number of hydrogen-bond acceptors (Lipinski definition) is 2. The monoisotopic (exact) mass is 456 g/mol. The molecule has 0 saturated carbocycles. The summed E-state index contributed by atoms with van der Waals surface area (Å²) in [6.45, 7) is 0.